The van der Waals surface area contributed by atoms with E-state index in [2.05, 4.69) is 21.2 Å². The first-order valence-corrected chi connectivity index (χ1v) is 7.13. The largest absolute Gasteiger partial charge is 0.484 e. The molecule has 0 radical (unpaired) electrons. The number of Topliss-reactive ketones (excluding diaryl/α,β-unsaturated/α-hetero) is 1. The number of ether oxygens (including phenoxy) is 1. The molecular weight excluding hydrogens is 334 g/mol. The number of hydrogen-bond acceptors (Lipinski definition) is 3. The highest BCUT2D eigenvalue weighted by atomic mass is 79.9. The minimum atomic E-state index is -0.247. The lowest BCUT2D eigenvalue weighted by atomic mass is 10.1. The Bertz CT molecular complexity index is 653. The fraction of sp³-hybridized carbons (Fsp3) is 0.125. The van der Waals surface area contributed by atoms with Gasteiger partial charge in [0.2, 0.25) is 0 Å². The van der Waals surface area contributed by atoms with Crippen LogP contribution in [0.4, 0.5) is 5.69 Å². The van der Waals surface area contributed by atoms with Crippen LogP contribution < -0.4 is 10.1 Å². The van der Waals surface area contributed by atoms with Crippen molar-refractivity contribution in [3.05, 3.63) is 58.6 Å². The maximum absolute atomic E-state index is 11.8. The average molecular weight is 348 g/mol. The highest BCUT2D eigenvalue weighted by Gasteiger charge is 2.05. The molecule has 2 aromatic rings. The average Bonchev–Trinajstić information content (AvgIpc) is 2.45. The summed E-state index contributed by atoms with van der Waals surface area (Å²) in [7, 11) is 0. The van der Waals surface area contributed by atoms with Gasteiger partial charge >= 0.3 is 0 Å². The molecule has 0 aliphatic carbocycles. The van der Waals surface area contributed by atoms with E-state index in [1.54, 1.807) is 36.4 Å². The van der Waals surface area contributed by atoms with Gasteiger partial charge in [0.25, 0.3) is 5.91 Å². The zero-order chi connectivity index (χ0) is 15.2. The molecular formula is C16H14BrNO3. The normalized spacial score (nSPS) is 10.0. The van der Waals surface area contributed by atoms with Crippen LogP contribution >= 0.6 is 15.9 Å². The molecule has 0 bridgehead atoms. The van der Waals surface area contributed by atoms with E-state index in [1.165, 1.54) is 6.92 Å². The van der Waals surface area contributed by atoms with Crippen molar-refractivity contribution in [2.24, 2.45) is 0 Å². The summed E-state index contributed by atoms with van der Waals surface area (Å²) >= 11 is 3.34. The number of carbonyl (C=O) groups excluding carboxylic acids is 2. The SMILES string of the molecule is CC(=O)c1ccc(OCC(=O)Nc2cccc(Br)c2)cc1. The Hall–Kier alpha value is -2.14. The topological polar surface area (TPSA) is 55.4 Å². The second-order valence-corrected chi connectivity index (χ2v) is 5.34. The van der Waals surface area contributed by atoms with Gasteiger partial charge in [-0.2, -0.15) is 0 Å². The van der Waals surface area contributed by atoms with Crippen LogP contribution in [0.2, 0.25) is 0 Å². The second kappa shape index (κ2) is 7.04. The molecule has 0 saturated carbocycles. The summed E-state index contributed by atoms with van der Waals surface area (Å²) in [5.41, 5.74) is 1.31. The summed E-state index contributed by atoms with van der Waals surface area (Å²) in [6.45, 7) is 1.41. The fourth-order valence-electron chi connectivity index (χ4n) is 1.70. The maximum Gasteiger partial charge on any atom is 0.262 e. The maximum atomic E-state index is 11.8. The van der Waals surface area contributed by atoms with Gasteiger partial charge in [-0.25, -0.2) is 0 Å². The Kier molecular flexibility index (Phi) is 5.11. The number of anilines is 1. The Labute approximate surface area is 131 Å². The zero-order valence-electron chi connectivity index (χ0n) is 11.4. The van der Waals surface area contributed by atoms with Gasteiger partial charge in [0, 0.05) is 15.7 Å². The third kappa shape index (κ3) is 4.72. The fourth-order valence-corrected chi connectivity index (χ4v) is 2.10. The van der Waals surface area contributed by atoms with E-state index in [9.17, 15) is 9.59 Å². The lowest BCUT2D eigenvalue weighted by Crippen LogP contribution is -2.20. The summed E-state index contributed by atoms with van der Waals surface area (Å²) < 4.78 is 6.26. The smallest absolute Gasteiger partial charge is 0.262 e. The first-order chi connectivity index (χ1) is 10.0. The number of rotatable bonds is 5. The Morgan fingerprint density at radius 3 is 2.48 bits per heavy atom. The van der Waals surface area contributed by atoms with Crippen molar-refractivity contribution in [3.63, 3.8) is 0 Å². The molecule has 0 unspecified atom stereocenters. The van der Waals surface area contributed by atoms with Crippen LogP contribution in [0.15, 0.2) is 53.0 Å². The van der Waals surface area contributed by atoms with Crippen LogP contribution in [0, 0.1) is 0 Å². The molecule has 0 aliphatic heterocycles. The third-order valence-electron chi connectivity index (χ3n) is 2.74. The molecule has 0 fully saturated rings. The molecule has 1 amide bonds. The molecule has 0 aromatic heterocycles. The van der Waals surface area contributed by atoms with Crippen LogP contribution in [-0.4, -0.2) is 18.3 Å². The van der Waals surface area contributed by atoms with E-state index < -0.39 is 0 Å². The number of nitrogens with one attached hydrogen (secondary N) is 1. The van der Waals surface area contributed by atoms with Gasteiger partial charge < -0.3 is 10.1 Å². The molecule has 0 heterocycles. The van der Waals surface area contributed by atoms with Gasteiger partial charge in [-0.3, -0.25) is 9.59 Å². The number of carbonyl (C=O) groups is 2. The van der Waals surface area contributed by atoms with Crippen molar-refractivity contribution in [2.75, 3.05) is 11.9 Å². The lowest BCUT2D eigenvalue weighted by molar-refractivity contribution is -0.118. The van der Waals surface area contributed by atoms with Gasteiger partial charge in [-0.15, -0.1) is 0 Å². The van der Waals surface area contributed by atoms with Crippen molar-refractivity contribution >= 4 is 33.3 Å². The van der Waals surface area contributed by atoms with Crippen molar-refractivity contribution in [1.29, 1.82) is 0 Å². The number of benzene rings is 2. The van der Waals surface area contributed by atoms with Gasteiger partial charge in [-0.05, 0) is 49.4 Å². The molecule has 0 spiro atoms. The van der Waals surface area contributed by atoms with Crippen LogP contribution in [-0.2, 0) is 4.79 Å². The molecule has 0 saturated heterocycles. The zero-order valence-corrected chi connectivity index (χ0v) is 13.0. The summed E-state index contributed by atoms with van der Waals surface area (Å²) in [5, 5.41) is 2.73. The molecule has 0 atom stereocenters. The Morgan fingerprint density at radius 1 is 1.14 bits per heavy atom. The highest BCUT2D eigenvalue weighted by molar-refractivity contribution is 9.10. The number of ketones is 1. The van der Waals surface area contributed by atoms with Crippen LogP contribution in [0.3, 0.4) is 0 Å². The quantitative estimate of drug-likeness (QED) is 0.839. The minimum absolute atomic E-state index is 0.00560. The molecule has 1 N–H and O–H groups in total. The molecule has 5 heteroatoms. The van der Waals surface area contributed by atoms with E-state index in [0.29, 0.717) is 17.0 Å². The molecule has 108 valence electrons. The van der Waals surface area contributed by atoms with Gasteiger partial charge in [0.1, 0.15) is 5.75 Å². The monoisotopic (exact) mass is 347 g/mol. The van der Waals surface area contributed by atoms with Crippen LogP contribution in [0.5, 0.6) is 5.75 Å². The number of hydrogen-bond donors (Lipinski definition) is 1. The predicted molar refractivity (Wildman–Crippen MR) is 84.7 cm³/mol. The van der Waals surface area contributed by atoms with Crippen molar-refractivity contribution in [1.82, 2.24) is 0 Å². The summed E-state index contributed by atoms with van der Waals surface area (Å²) in [5.74, 6) is 0.294. The van der Waals surface area contributed by atoms with Crippen LogP contribution in [0.25, 0.3) is 0 Å². The van der Waals surface area contributed by atoms with E-state index in [1.807, 2.05) is 12.1 Å². The van der Waals surface area contributed by atoms with Gasteiger partial charge in [-0.1, -0.05) is 22.0 Å². The first kappa shape index (κ1) is 15.3. The Morgan fingerprint density at radius 2 is 1.86 bits per heavy atom. The second-order valence-electron chi connectivity index (χ2n) is 4.43. The summed E-state index contributed by atoms with van der Waals surface area (Å²) in [6, 6.07) is 14.0. The summed E-state index contributed by atoms with van der Waals surface area (Å²) in [4.78, 5) is 22.9. The predicted octanol–water partition coefficient (Wildman–Crippen LogP) is 3.67. The van der Waals surface area contributed by atoms with E-state index >= 15 is 0 Å². The molecule has 0 aliphatic rings. The lowest BCUT2D eigenvalue weighted by Gasteiger charge is -2.08. The molecule has 4 nitrogen and oxygen atoms in total. The minimum Gasteiger partial charge on any atom is -0.484 e. The Balaban J connectivity index is 1.87. The molecule has 21 heavy (non-hydrogen) atoms. The highest BCUT2D eigenvalue weighted by Crippen LogP contribution is 2.16. The van der Waals surface area contributed by atoms with Crippen LogP contribution in [0.1, 0.15) is 17.3 Å². The summed E-state index contributed by atoms with van der Waals surface area (Å²) in [6.07, 6.45) is 0. The standard InChI is InChI=1S/C16H14BrNO3/c1-11(19)12-5-7-15(8-6-12)21-10-16(20)18-14-4-2-3-13(17)9-14/h2-9H,10H2,1H3,(H,18,20). The third-order valence-corrected chi connectivity index (χ3v) is 3.23. The first-order valence-electron chi connectivity index (χ1n) is 6.34. The van der Waals surface area contributed by atoms with Crippen molar-refractivity contribution < 1.29 is 14.3 Å². The van der Waals surface area contributed by atoms with E-state index in [-0.39, 0.29) is 18.3 Å². The molecule has 2 rings (SSSR count). The molecule has 2 aromatic carbocycles. The van der Waals surface area contributed by atoms with Crippen molar-refractivity contribution in [2.45, 2.75) is 6.92 Å². The van der Waals surface area contributed by atoms with Gasteiger partial charge in [0.15, 0.2) is 12.4 Å². The number of amides is 1. The van der Waals surface area contributed by atoms with Crippen molar-refractivity contribution in [3.8, 4) is 5.75 Å². The van der Waals surface area contributed by atoms with E-state index in [4.69, 9.17) is 4.74 Å². The van der Waals surface area contributed by atoms with E-state index in [0.717, 1.165) is 4.47 Å². The number of halogens is 1. The van der Waals surface area contributed by atoms with Gasteiger partial charge in [0.05, 0.1) is 0 Å².